The number of rotatable bonds is 13. The van der Waals surface area contributed by atoms with E-state index in [4.69, 9.17) is 4.74 Å². The lowest BCUT2D eigenvalue weighted by Gasteiger charge is -2.32. The average Bonchev–Trinajstić information content (AvgIpc) is 3.48. The van der Waals surface area contributed by atoms with Crippen molar-refractivity contribution in [3.8, 4) is 0 Å². The number of hydrogen-bond donors (Lipinski definition) is 3. The average molecular weight is 589 g/mol. The zero-order chi connectivity index (χ0) is 31.2. The third-order valence-corrected chi connectivity index (χ3v) is 8.31. The second-order valence-corrected chi connectivity index (χ2v) is 12.9. The molecule has 42 heavy (non-hydrogen) atoms. The molecular weight excluding hydrogens is 540 g/mol. The molecule has 0 bridgehead atoms. The van der Waals surface area contributed by atoms with Crippen LogP contribution in [0.5, 0.6) is 0 Å². The number of nitrogens with one attached hydrogen (secondary N) is 3. The van der Waals surface area contributed by atoms with Crippen LogP contribution in [0.15, 0.2) is 11.6 Å². The molecule has 0 aromatic carbocycles. The highest BCUT2D eigenvalue weighted by Crippen LogP contribution is 2.42. The number of fused-ring (bicyclic) bond motifs is 1. The number of allylic oxidation sites excluding steroid dienone is 2. The fraction of sp³-hybridized carbons (Fsp3) is 0.742. The van der Waals surface area contributed by atoms with Crippen molar-refractivity contribution in [2.45, 2.75) is 129 Å². The highest BCUT2D eigenvalue weighted by molar-refractivity contribution is 6.38. The Morgan fingerprint density at radius 1 is 0.976 bits per heavy atom. The van der Waals surface area contributed by atoms with E-state index in [-0.39, 0.29) is 36.5 Å². The van der Waals surface area contributed by atoms with Crippen LogP contribution in [0, 0.1) is 11.8 Å². The van der Waals surface area contributed by atoms with Crippen LogP contribution in [0.2, 0.25) is 0 Å². The van der Waals surface area contributed by atoms with Crippen molar-refractivity contribution in [1.29, 1.82) is 0 Å². The number of carbonyl (C=O) groups excluding carboxylic acids is 6. The van der Waals surface area contributed by atoms with Gasteiger partial charge < -0.3 is 25.6 Å². The minimum atomic E-state index is -1.08. The Bertz CT molecular complexity index is 1090. The number of carbonyl (C=O) groups is 6. The van der Waals surface area contributed by atoms with E-state index in [9.17, 15) is 28.8 Å². The van der Waals surface area contributed by atoms with Crippen LogP contribution in [-0.4, -0.2) is 76.6 Å². The largest absolute Gasteiger partial charge is 0.444 e. The summed E-state index contributed by atoms with van der Waals surface area (Å²) in [6.45, 7) is 10.8. The lowest BCUT2D eigenvalue weighted by atomic mass is 9.92. The van der Waals surface area contributed by atoms with Crippen LogP contribution in [0.3, 0.4) is 0 Å². The van der Waals surface area contributed by atoms with Gasteiger partial charge in [-0.15, -0.1) is 0 Å². The van der Waals surface area contributed by atoms with Gasteiger partial charge in [-0.2, -0.15) is 0 Å². The minimum Gasteiger partial charge on any atom is -0.444 e. The quantitative estimate of drug-likeness (QED) is 0.221. The van der Waals surface area contributed by atoms with E-state index in [0.717, 1.165) is 32.1 Å². The van der Waals surface area contributed by atoms with Crippen molar-refractivity contribution in [2.24, 2.45) is 11.8 Å². The zero-order valence-electron chi connectivity index (χ0n) is 25.9. The summed E-state index contributed by atoms with van der Waals surface area (Å²) < 4.78 is 5.39. The van der Waals surface area contributed by atoms with Gasteiger partial charge in [0.15, 0.2) is 5.78 Å². The molecule has 5 atom stereocenters. The number of ether oxygens (including phenoxy) is 1. The lowest BCUT2D eigenvalue weighted by Crippen LogP contribution is -2.57. The van der Waals surface area contributed by atoms with Crippen molar-refractivity contribution >= 4 is 35.4 Å². The zero-order valence-corrected chi connectivity index (χ0v) is 25.9. The molecule has 0 aromatic heterocycles. The van der Waals surface area contributed by atoms with Gasteiger partial charge in [0.1, 0.15) is 17.7 Å². The molecule has 1 saturated heterocycles. The van der Waals surface area contributed by atoms with Crippen molar-refractivity contribution in [3.05, 3.63) is 11.6 Å². The molecule has 1 heterocycles. The highest BCUT2D eigenvalue weighted by atomic mass is 16.6. The Kier molecular flexibility index (Phi) is 11.3. The van der Waals surface area contributed by atoms with Crippen LogP contribution in [0.25, 0.3) is 0 Å². The maximum atomic E-state index is 14.0. The molecular formula is C31H48N4O7. The second kappa shape index (κ2) is 14.3. The summed E-state index contributed by atoms with van der Waals surface area (Å²) in [6, 6.07) is -2.91. The van der Waals surface area contributed by atoms with Gasteiger partial charge in [-0.05, 0) is 90.6 Å². The van der Waals surface area contributed by atoms with E-state index in [0.29, 0.717) is 25.0 Å². The number of likely N-dealkylation sites (tertiary alicyclic amines) is 1. The van der Waals surface area contributed by atoms with Crippen molar-refractivity contribution in [3.63, 3.8) is 0 Å². The molecule has 11 nitrogen and oxygen atoms in total. The predicted octanol–water partition coefficient (Wildman–Crippen LogP) is 2.95. The molecule has 2 saturated carbocycles. The predicted molar refractivity (Wildman–Crippen MR) is 156 cm³/mol. The minimum absolute atomic E-state index is 0.0134. The Morgan fingerprint density at radius 3 is 2.26 bits per heavy atom. The first kappa shape index (κ1) is 33.3. The third-order valence-electron chi connectivity index (χ3n) is 8.31. The normalized spacial score (nSPS) is 23.4. The second-order valence-electron chi connectivity index (χ2n) is 12.9. The first-order chi connectivity index (χ1) is 19.7. The molecule has 3 N–H and O–H groups in total. The number of alkyl carbamates (subject to hydrolysis) is 1. The summed E-state index contributed by atoms with van der Waals surface area (Å²) in [5.41, 5.74) is -0.238. The maximum Gasteiger partial charge on any atom is 0.408 e. The fourth-order valence-corrected chi connectivity index (χ4v) is 5.87. The smallest absolute Gasteiger partial charge is 0.408 e. The number of hydrogen-bond acceptors (Lipinski definition) is 7. The van der Waals surface area contributed by atoms with E-state index in [1.807, 2.05) is 6.92 Å². The Balaban J connectivity index is 1.82. The van der Waals surface area contributed by atoms with E-state index < -0.39 is 53.3 Å². The molecule has 234 valence electrons. The van der Waals surface area contributed by atoms with Crippen molar-refractivity contribution in [1.82, 2.24) is 20.9 Å². The molecule has 0 radical (unpaired) electrons. The van der Waals surface area contributed by atoms with Gasteiger partial charge >= 0.3 is 6.09 Å². The van der Waals surface area contributed by atoms with Crippen LogP contribution >= 0.6 is 0 Å². The van der Waals surface area contributed by atoms with E-state index in [1.54, 1.807) is 40.7 Å². The number of amides is 4. The van der Waals surface area contributed by atoms with Crippen molar-refractivity contribution in [2.75, 3.05) is 6.54 Å². The molecule has 0 spiro atoms. The van der Waals surface area contributed by atoms with Crippen LogP contribution in [0.1, 0.15) is 99.3 Å². The van der Waals surface area contributed by atoms with Gasteiger partial charge in [0.2, 0.25) is 17.6 Å². The Morgan fingerprint density at radius 2 is 1.67 bits per heavy atom. The highest BCUT2D eigenvalue weighted by Gasteiger charge is 2.51. The lowest BCUT2D eigenvalue weighted by molar-refractivity contribution is -0.143. The SMILES string of the molecule is C/C=C(\C)C(=O)CC[C@H](NC(=O)OC(C)(C)C)C(=O)N1C[C@@H]2CCC[C@@H]2C1C(=O)N[C@@H](CCC)C(=O)C(=O)NC1CC1. The molecule has 1 aliphatic heterocycles. The number of nitrogens with zero attached hydrogens (tertiary/aromatic N) is 1. The molecule has 1 unspecified atom stereocenters. The van der Waals surface area contributed by atoms with E-state index in [1.165, 1.54) is 4.90 Å². The van der Waals surface area contributed by atoms with Gasteiger partial charge in [0.25, 0.3) is 5.91 Å². The standard InChI is InChI=1S/C31H48N4O7/c1-7-10-22(26(37)28(39)32-20-13-14-20)33-27(38)25-21-12-9-11-19(21)17-35(25)29(40)23(15-16-24(36)18(3)8-2)34-30(41)42-31(4,5)6/h8,19-23,25H,7,9-17H2,1-6H3,(H,32,39)(H,33,38)(H,34,41)/b18-8+/t19-,21-,22-,23-,25?/m0/s1. The molecule has 3 fully saturated rings. The van der Waals surface area contributed by atoms with Gasteiger partial charge in [-0.25, -0.2) is 4.79 Å². The third kappa shape index (κ3) is 8.88. The Labute approximate surface area is 248 Å². The topological polar surface area (TPSA) is 151 Å². The van der Waals surface area contributed by atoms with Crippen molar-refractivity contribution < 1.29 is 33.5 Å². The first-order valence-corrected chi connectivity index (χ1v) is 15.4. The first-order valence-electron chi connectivity index (χ1n) is 15.4. The summed E-state index contributed by atoms with van der Waals surface area (Å²) in [5.74, 6) is -2.45. The van der Waals surface area contributed by atoms with Gasteiger partial charge in [0, 0.05) is 19.0 Å². The maximum absolute atomic E-state index is 14.0. The van der Waals surface area contributed by atoms with Gasteiger partial charge in [0.05, 0.1) is 6.04 Å². The Hall–Kier alpha value is -3.24. The van der Waals surface area contributed by atoms with Crippen LogP contribution in [-0.2, 0) is 28.7 Å². The summed E-state index contributed by atoms with van der Waals surface area (Å²) in [6.07, 6.45) is 6.08. The summed E-state index contributed by atoms with van der Waals surface area (Å²) >= 11 is 0. The monoisotopic (exact) mass is 588 g/mol. The van der Waals surface area contributed by atoms with Crippen LogP contribution in [0.4, 0.5) is 4.79 Å². The van der Waals surface area contributed by atoms with Crippen LogP contribution < -0.4 is 16.0 Å². The molecule has 0 aromatic rings. The molecule has 11 heteroatoms. The molecule has 3 aliphatic rings. The van der Waals surface area contributed by atoms with Gasteiger partial charge in [-0.3, -0.25) is 24.0 Å². The number of Topliss-reactive ketones (excluding diaryl/α,β-unsaturated/α-hetero) is 2. The molecule has 2 aliphatic carbocycles. The number of ketones is 2. The summed E-state index contributed by atoms with van der Waals surface area (Å²) in [5, 5.41) is 8.14. The fourth-order valence-electron chi connectivity index (χ4n) is 5.87. The summed E-state index contributed by atoms with van der Waals surface area (Å²) in [4.78, 5) is 80.1. The summed E-state index contributed by atoms with van der Waals surface area (Å²) in [7, 11) is 0. The van der Waals surface area contributed by atoms with E-state index in [2.05, 4.69) is 16.0 Å². The van der Waals surface area contributed by atoms with Gasteiger partial charge in [-0.1, -0.05) is 25.8 Å². The molecule has 3 rings (SSSR count). The van der Waals surface area contributed by atoms with E-state index >= 15 is 0 Å². The molecule has 4 amide bonds.